The lowest BCUT2D eigenvalue weighted by atomic mass is 10.1. The number of hydrogen-bond donors (Lipinski definition) is 1. The van der Waals surface area contributed by atoms with E-state index in [-0.39, 0.29) is 24.5 Å². The predicted octanol–water partition coefficient (Wildman–Crippen LogP) is 2.80. The minimum Gasteiger partial charge on any atom is -0.493 e. The first kappa shape index (κ1) is 23.9. The number of H-pyrrole nitrogens is 1. The molecule has 9 nitrogen and oxygen atoms in total. The SMILES string of the molecule is COc1ccc(N2CCN(C(=O)Cc3n[nH]c(C)n3)[C@@H](CN3CCCC3)C2)cc1OC1CCCC1. The van der Waals surface area contributed by atoms with Gasteiger partial charge in [-0.2, -0.15) is 5.10 Å². The van der Waals surface area contributed by atoms with Gasteiger partial charge in [0.15, 0.2) is 17.3 Å². The Labute approximate surface area is 207 Å². The van der Waals surface area contributed by atoms with Crippen molar-refractivity contribution in [1.29, 1.82) is 0 Å². The third-order valence-corrected chi connectivity index (χ3v) is 7.53. The van der Waals surface area contributed by atoms with Gasteiger partial charge >= 0.3 is 0 Å². The van der Waals surface area contributed by atoms with Gasteiger partial charge in [0.1, 0.15) is 5.82 Å². The first-order valence-electron chi connectivity index (χ1n) is 13.1. The Hall–Kier alpha value is -2.81. The molecule has 1 aromatic carbocycles. The van der Waals surface area contributed by atoms with Gasteiger partial charge in [0.05, 0.1) is 25.7 Å². The van der Waals surface area contributed by atoms with Crippen LogP contribution in [0.3, 0.4) is 0 Å². The molecule has 35 heavy (non-hydrogen) atoms. The average Bonchev–Trinajstić information content (AvgIpc) is 3.64. The summed E-state index contributed by atoms with van der Waals surface area (Å²) < 4.78 is 11.9. The molecular formula is C26H38N6O3. The van der Waals surface area contributed by atoms with Crippen LogP contribution in [0, 0.1) is 6.92 Å². The Bertz CT molecular complexity index is 999. The minimum atomic E-state index is 0.104. The Morgan fingerprint density at radius 3 is 2.60 bits per heavy atom. The number of ether oxygens (including phenoxy) is 2. The number of methoxy groups -OCH3 is 1. The van der Waals surface area contributed by atoms with Gasteiger partial charge in [0, 0.05) is 37.9 Å². The van der Waals surface area contributed by atoms with Crippen molar-refractivity contribution < 1.29 is 14.3 Å². The molecule has 1 aliphatic carbocycles. The van der Waals surface area contributed by atoms with Crippen molar-refractivity contribution in [2.24, 2.45) is 0 Å². The van der Waals surface area contributed by atoms with E-state index < -0.39 is 0 Å². The fourth-order valence-electron chi connectivity index (χ4n) is 5.68. The molecule has 2 aromatic rings. The highest BCUT2D eigenvalue weighted by molar-refractivity contribution is 5.78. The molecule has 1 aromatic heterocycles. The number of aromatic nitrogens is 3. The van der Waals surface area contributed by atoms with Gasteiger partial charge in [-0.3, -0.25) is 9.89 Å². The van der Waals surface area contributed by atoms with E-state index in [2.05, 4.69) is 42.0 Å². The second kappa shape index (κ2) is 10.8. The maximum absolute atomic E-state index is 13.3. The zero-order valence-corrected chi connectivity index (χ0v) is 21.0. The van der Waals surface area contributed by atoms with E-state index in [0.29, 0.717) is 12.4 Å². The average molecular weight is 483 g/mol. The first-order valence-corrected chi connectivity index (χ1v) is 13.1. The van der Waals surface area contributed by atoms with Gasteiger partial charge in [-0.25, -0.2) is 4.98 Å². The summed E-state index contributed by atoms with van der Waals surface area (Å²) in [7, 11) is 1.70. The van der Waals surface area contributed by atoms with E-state index in [1.807, 2.05) is 13.0 Å². The van der Waals surface area contributed by atoms with Crippen LogP contribution in [0.4, 0.5) is 5.69 Å². The van der Waals surface area contributed by atoms with Crippen molar-refractivity contribution in [2.75, 3.05) is 51.3 Å². The van der Waals surface area contributed by atoms with Crippen LogP contribution in [0.25, 0.3) is 0 Å². The molecule has 190 valence electrons. The summed E-state index contributed by atoms with van der Waals surface area (Å²) in [5.41, 5.74) is 1.13. The van der Waals surface area contributed by atoms with E-state index >= 15 is 0 Å². The number of nitrogens with zero attached hydrogens (tertiary/aromatic N) is 5. The highest BCUT2D eigenvalue weighted by Crippen LogP contribution is 2.35. The summed E-state index contributed by atoms with van der Waals surface area (Å²) in [6.45, 7) is 7.24. The largest absolute Gasteiger partial charge is 0.493 e. The summed E-state index contributed by atoms with van der Waals surface area (Å²) in [6, 6.07) is 6.37. The molecule has 5 rings (SSSR count). The van der Waals surface area contributed by atoms with Gasteiger partial charge in [-0.05, 0) is 70.7 Å². The molecule has 1 N–H and O–H groups in total. The Kier molecular flexibility index (Phi) is 7.41. The van der Waals surface area contributed by atoms with Crippen LogP contribution in [-0.2, 0) is 11.2 Å². The molecule has 0 bridgehead atoms. The summed E-state index contributed by atoms with van der Waals surface area (Å²) in [5.74, 6) is 3.02. The van der Waals surface area contributed by atoms with Crippen LogP contribution in [-0.4, -0.2) is 89.4 Å². The third kappa shape index (κ3) is 5.72. The number of anilines is 1. The lowest BCUT2D eigenvalue weighted by molar-refractivity contribution is -0.133. The van der Waals surface area contributed by atoms with Gasteiger partial charge in [-0.15, -0.1) is 0 Å². The Morgan fingerprint density at radius 1 is 1.09 bits per heavy atom. The number of rotatable bonds is 8. The van der Waals surface area contributed by atoms with Crippen LogP contribution in [0.2, 0.25) is 0 Å². The first-order chi connectivity index (χ1) is 17.1. The van der Waals surface area contributed by atoms with E-state index in [4.69, 9.17) is 9.47 Å². The lowest BCUT2D eigenvalue weighted by Crippen LogP contribution is -2.59. The van der Waals surface area contributed by atoms with Crippen LogP contribution >= 0.6 is 0 Å². The molecule has 2 saturated heterocycles. The van der Waals surface area contributed by atoms with Crippen molar-refractivity contribution in [1.82, 2.24) is 25.0 Å². The maximum atomic E-state index is 13.3. The number of carbonyl (C=O) groups is 1. The van der Waals surface area contributed by atoms with Gasteiger partial charge in [0.25, 0.3) is 0 Å². The molecule has 1 atom stereocenters. The minimum absolute atomic E-state index is 0.104. The maximum Gasteiger partial charge on any atom is 0.230 e. The van der Waals surface area contributed by atoms with Gasteiger partial charge in [-0.1, -0.05) is 0 Å². The smallest absolute Gasteiger partial charge is 0.230 e. The predicted molar refractivity (Wildman–Crippen MR) is 134 cm³/mol. The number of amides is 1. The number of likely N-dealkylation sites (tertiary alicyclic amines) is 1. The van der Waals surface area contributed by atoms with E-state index in [1.165, 1.54) is 25.7 Å². The molecule has 3 heterocycles. The zero-order chi connectivity index (χ0) is 24.2. The fourth-order valence-corrected chi connectivity index (χ4v) is 5.68. The molecule has 1 saturated carbocycles. The quantitative estimate of drug-likeness (QED) is 0.619. The normalized spacial score (nSPS) is 21.6. The third-order valence-electron chi connectivity index (χ3n) is 7.53. The highest BCUT2D eigenvalue weighted by Gasteiger charge is 2.33. The monoisotopic (exact) mass is 482 g/mol. The highest BCUT2D eigenvalue weighted by atomic mass is 16.5. The van der Waals surface area contributed by atoms with Crippen LogP contribution in [0.15, 0.2) is 18.2 Å². The fraction of sp³-hybridized carbons (Fsp3) is 0.654. The number of aryl methyl sites for hydroxylation is 1. The Balaban J connectivity index is 1.32. The van der Waals surface area contributed by atoms with Gasteiger partial charge in [0.2, 0.25) is 5.91 Å². The second-order valence-corrected chi connectivity index (χ2v) is 10.1. The molecule has 0 unspecified atom stereocenters. The molecule has 2 aliphatic heterocycles. The van der Waals surface area contributed by atoms with Crippen molar-refractivity contribution in [3.8, 4) is 11.5 Å². The van der Waals surface area contributed by atoms with E-state index in [1.54, 1.807) is 7.11 Å². The van der Waals surface area contributed by atoms with Crippen LogP contribution < -0.4 is 14.4 Å². The summed E-state index contributed by atoms with van der Waals surface area (Å²) in [6.07, 6.45) is 7.66. The van der Waals surface area contributed by atoms with Crippen LogP contribution in [0.5, 0.6) is 11.5 Å². The Morgan fingerprint density at radius 2 is 1.89 bits per heavy atom. The summed E-state index contributed by atoms with van der Waals surface area (Å²) in [5, 5.41) is 7.02. The lowest BCUT2D eigenvalue weighted by Gasteiger charge is -2.44. The van der Waals surface area contributed by atoms with Crippen molar-refractivity contribution in [2.45, 2.75) is 64.0 Å². The molecular weight excluding hydrogens is 444 g/mol. The number of aromatic amines is 1. The zero-order valence-electron chi connectivity index (χ0n) is 21.0. The van der Waals surface area contributed by atoms with Gasteiger partial charge < -0.3 is 24.2 Å². The van der Waals surface area contributed by atoms with E-state index in [9.17, 15) is 4.79 Å². The molecule has 1 amide bonds. The number of hydrogen-bond acceptors (Lipinski definition) is 7. The van der Waals surface area contributed by atoms with Crippen molar-refractivity contribution in [3.63, 3.8) is 0 Å². The molecule has 9 heteroatoms. The topological polar surface area (TPSA) is 86.8 Å². The molecule has 3 aliphatic rings. The standard InChI is InChI=1S/C26H38N6O3/c1-19-27-25(29-28-19)16-26(33)32-14-13-31(18-21(32)17-30-11-5-6-12-30)20-9-10-23(34-2)24(15-20)35-22-7-3-4-8-22/h9-10,15,21-22H,3-8,11-14,16-18H2,1-2H3,(H,27,28,29)/t21-/m0/s1. The summed E-state index contributed by atoms with van der Waals surface area (Å²) in [4.78, 5) is 24.6. The molecule has 0 radical (unpaired) electrons. The summed E-state index contributed by atoms with van der Waals surface area (Å²) >= 11 is 0. The van der Waals surface area contributed by atoms with Crippen LogP contribution in [0.1, 0.15) is 50.2 Å². The number of piperazine rings is 1. The van der Waals surface area contributed by atoms with E-state index in [0.717, 1.165) is 68.6 Å². The second-order valence-electron chi connectivity index (χ2n) is 10.1. The van der Waals surface area contributed by atoms with Crippen molar-refractivity contribution in [3.05, 3.63) is 29.8 Å². The van der Waals surface area contributed by atoms with Crippen molar-refractivity contribution >= 4 is 11.6 Å². The molecule has 3 fully saturated rings. The number of nitrogens with one attached hydrogen (secondary N) is 1. The number of benzene rings is 1. The molecule has 0 spiro atoms. The number of carbonyl (C=O) groups excluding carboxylic acids is 1.